The first kappa shape index (κ1) is 14.5. The van der Waals surface area contributed by atoms with E-state index in [0.29, 0.717) is 5.92 Å². The number of hydrogen-bond donors (Lipinski definition) is 1. The second-order valence-corrected chi connectivity index (χ2v) is 6.95. The van der Waals surface area contributed by atoms with Gasteiger partial charge in [0.25, 0.3) is 0 Å². The van der Waals surface area contributed by atoms with Crippen molar-refractivity contribution in [2.24, 2.45) is 0 Å². The van der Waals surface area contributed by atoms with Crippen LogP contribution in [0.3, 0.4) is 0 Å². The third kappa shape index (κ3) is 3.44. The molecule has 0 unspecified atom stereocenters. The third-order valence-corrected chi connectivity index (χ3v) is 4.84. The zero-order valence-electron chi connectivity index (χ0n) is 12.8. The van der Waals surface area contributed by atoms with Crippen LogP contribution in [0.25, 0.3) is 10.6 Å². The predicted molar refractivity (Wildman–Crippen MR) is 88.1 cm³/mol. The van der Waals surface area contributed by atoms with Gasteiger partial charge in [-0.05, 0) is 30.9 Å². The van der Waals surface area contributed by atoms with Crippen molar-refractivity contribution in [2.75, 3.05) is 7.11 Å². The molecule has 0 radical (unpaired) electrons. The van der Waals surface area contributed by atoms with E-state index in [9.17, 15) is 0 Å². The quantitative estimate of drug-likeness (QED) is 0.868. The monoisotopic (exact) mass is 302 g/mol. The molecule has 3 nitrogen and oxygen atoms in total. The van der Waals surface area contributed by atoms with E-state index in [2.05, 4.69) is 31.3 Å². The molecule has 0 atom stereocenters. The predicted octanol–water partition coefficient (Wildman–Crippen LogP) is 4.19. The first-order valence-corrected chi connectivity index (χ1v) is 8.36. The molecular formula is C17H22N2OS. The summed E-state index contributed by atoms with van der Waals surface area (Å²) < 4.78 is 5.31. The molecule has 0 amide bonds. The third-order valence-electron chi connectivity index (χ3n) is 3.72. The van der Waals surface area contributed by atoms with E-state index in [1.165, 1.54) is 23.4 Å². The maximum Gasteiger partial charge on any atom is 0.124 e. The standard InChI is InChI=1S/C17H22N2OS/c1-11(2)16-15(10-18-13-7-8-13)21-17(19-16)12-5-4-6-14(9-12)20-3/h4-6,9,11,13,18H,7-8,10H2,1-3H3. The van der Waals surface area contributed by atoms with Gasteiger partial charge in [0.1, 0.15) is 10.8 Å². The molecular weight excluding hydrogens is 280 g/mol. The first-order chi connectivity index (χ1) is 10.2. The van der Waals surface area contributed by atoms with Crippen LogP contribution >= 0.6 is 11.3 Å². The summed E-state index contributed by atoms with van der Waals surface area (Å²) in [7, 11) is 1.70. The van der Waals surface area contributed by atoms with Crippen molar-refractivity contribution in [3.63, 3.8) is 0 Å². The summed E-state index contributed by atoms with van der Waals surface area (Å²) in [6, 6.07) is 8.88. The minimum atomic E-state index is 0.455. The molecule has 1 heterocycles. The second kappa shape index (κ2) is 6.16. The smallest absolute Gasteiger partial charge is 0.124 e. The van der Waals surface area contributed by atoms with E-state index in [-0.39, 0.29) is 0 Å². The Morgan fingerprint density at radius 3 is 2.86 bits per heavy atom. The van der Waals surface area contributed by atoms with Gasteiger partial charge in [0.2, 0.25) is 0 Å². The van der Waals surface area contributed by atoms with Crippen molar-refractivity contribution in [1.82, 2.24) is 10.3 Å². The van der Waals surface area contributed by atoms with Crippen LogP contribution in [-0.2, 0) is 6.54 Å². The number of thiazole rings is 1. The van der Waals surface area contributed by atoms with Crippen molar-refractivity contribution in [3.05, 3.63) is 34.8 Å². The van der Waals surface area contributed by atoms with Crippen molar-refractivity contribution < 1.29 is 4.74 Å². The summed E-state index contributed by atoms with van der Waals surface area (Å²) >= 11 is 1.80. The van der Waals surface area contributed by atoms with Crippen LogP contribution in [0.4, 0.5) is 0 Å². The molecule has 2 aromatic rings. The van der Waals surface area contributed by atoms with Gasteiger partial charge in [-0.3, -0.25) is 0 Å². The summed E-state index contributed by atoms with van der Waals surface area (Å²) in [4.78, 5) is 6.25. The molecule has 112 valence electrons. The normalized spacial score (nSPS) is 14.7. The Balaban J connectivity index is 1.88. The van der Waals surface area contributed by atoms with E-state index >= 15 is 0 Å². The van der Waals surface area contributed by atoms with Crippen molar-refractivity contribution in [3.8, 4) is 16.3 Å². The zero-order valence-corrected chi connectivity index (χ0v) is 13.7. The lowest BCUT2D eigenvalue weighted by Crippen LogP contribution is -2.15. The van der Waals surface area contributed by atoms with Gasteiger partial charge in [0.15, 0.2) is 0 Å². The molecule has 1 aromatic heterocycles. The Morgan fingerprint density at radius 1 is 1.38 bits per heavy atom. The number of aromatic nitrogens is 1. The Kier molecular flexibility index (Phi) is 4.27. The molecule has 3 rings (SSSR count). The lowest BCUT2D eigenvalue weighted by atomic mass is 10.1. The van der Waals surface area contributed by atoms with Gasteiger partial charge < -0.3 is 10.1 Å². The molecule has 1 N–H and O–H groups in total. The first-order valence-electron chi connectivity index (χ1n) is 7.54. The molecule has 1 aliphatic carbocycles. The number of nitrogens with one attached hydrogen (secondary N) is 1. The number of benzene rings is 1. The minimum absolute atomic E-state index is 0.455. The molecule has 0 saturated heterocycles. The minimum Gasteiger partial charge on any atom is -0.497 e. The SMILES string of the molecule is COc1cccc(-c2nc(C(C)C)c(CNC3CC3)s2)c1. The highest BCUT2D eigenvalue weighted by atomic mass is 32.1. The highest BCUT2D eigenvalue weighted by Gasteiger charge is 2.22. The maximum atomic E-state index is 5.31. The van der Waals surface area contributed by atoms with E-state index in [1.807, 2.05) is 12.1 Å². The largest absolute Gasteiger partial charge is 0.497 e. The van der Waals surface area contributed by atoms with Crippen LogP contribution in [0.15, 0.2) is 24.3 Å². The van der Waals surface area contributed by atoms with Crippen LogP contribution in [0.1, 0.15) is 43.2 Å². The van der Waals surface area contributed by atoms with E-state index in [0.717, 1.165) is 28.9 Å². The van der Waals surface area contributed by atoms with E-state index in [1.54, 1.807) is 18.4 Å². The lowest BCUT2D eigenvalue weighted by Gasteiger charge is -2.05. The Hall–Kier alpha value is -1.39. The van der Waals surface area contributed by atoms with Crippen LogP contribution < -0.4 is 10.1 Å². The molecule has 4 heteroatoms. The average molecular weight is 302 g/mol. The Bertz CT molecular complexity index is 617. The van der Waals surface area contributed by atoms with Gasteiger partial charge >= 0.3 is 0 Å². The van der Waals surface area contributed by atoms with Gasteiger partial charge in [0, 0.05) is 23.0 Å². The van der Waals surface area contributed by atoms with Crippen LogP contribution in [0.5, 0.6) is 5.75 Å². The fourth-order valence-electron chi connectivity index (χ4n) is 2.35. The van der Waals surface area contributed by atoms with Crippen molar-refractivity contribution >= 4 is 11.3 Å². The summed E-state index contributed by atoms with van der Waals surface area (Å²) in [6.07, 6.45) is 2.64. The number of ether oxygens (including phenoxy) is 1. The highest BCUT2D eigenvalue weighted by Crippen LogP contribution is 2.33. The van der Waals surface area contributed by atoms with Gasteiger partial charge in [-0.25, -0.2) is 4.98 Å². The van der Waals surface area contributed by atoms with E-state index < -0.39 is 0 Å². The molecule has 0 spiro atoms. The van der Waals surface area contributed by atoms with Crippen LogP contribution in [0, 0.1) is 0 Å². The highest BCUT2D eigenvalue weighted by molar-refractivity contribution is 7.15. The molecule has 21 heavy (non-hydrogen) atoms. The van der Waals surface area contributed by atoms with Gasteiger partial charge in [-0.1, -0.05) is 26.0 Å². The molecule has 0 bridgehead atoms. The molecule has 1 saturated carbocycles. The lowest BCUT2D eigenvalue weighted by molar-refractivity contribution is 0.415. The van der Waals surface area contributed by atoms with Crippen molar-refractivity contribution in [2.45, 2.75) is 45.2 Å². The molecule has 1 aromatic carbocycles. The summed E-state index contributed by atoms with van der Waals surface area (Å²) in [5.41, 5.74) is 2.37. The number of hydrogen-bond acceptors (Lipinski definition) is 4. The van der Waals surface area contributed by atoms with E-state index in [4.69, 9.17) is 9.72 Å². The molecule has 0 aliphatic heterocycles. The number of methoxy groups -OCH3 is 1. The topological polar surface area (TPSA) is 34.1 Å². The molecule has 1 aliphatic rings. The van der Waals surface area contributed by atoms with Gasteiger partial charge in [0.05, 0.1) is 12.8 Å². The maximum absolute atomic E-state index is 5.31. The number of nitrogens with zero attached hydrogens (tertiary/aromatic N) is 1. The molecule has 1 fully saturated rings. The summed E-state index contributed by atoms with van der Waals surface area (Å²) in [6.45, 7) is 5.37. The fourth-order valence-corrected chi connectivity index (χ4v) is 3.51. The fraction of sp³-hybridized carbons (Fsp3) is 0.471. The Labute approximate surface area is 130 Å². The van der Waals surface area contributed by atoms with Gasteiger partial charge in [-0.2, -0.15) is 0 Å². The number of rotatable bonds is 6. The average Bonchev–Trinajstić information content (AvgIpc) is 3.22. The zero-order chi connectivity index (χ0) is 14.8. The van der Waals surface area contributed by atoms with Gasteiger partial charge in [-0.15, -0.1) is 11.3 Å². The van der Waals surface area contributed by atoms with Crippen molar-refractivity contribution in [1.29, 1.82) is 0 Å². The Morgan fingerprint density at radius 2 is 2.19 bits per heavy atom. The summed E-state index contributed by atoms with van der Waals surface area (Å²) in [5.74, 6) is 1.34. The summed E-state index contributed by atoms with van der Waals surface area (Å²) in [5, 5.41) is 4.69. The second-order valence-electron chi connectivity index (χ2n) is 5.87. The van der Waals surface area contributed by atoms with Crippen LogP contribution in [-0.4, -0.2) is 18.1 Å². The van der Waals surface area contributed by atoms with Crippen LogP contribution in [0.2, 0.25) is 0 Å².